The highest BCUT2D eigenvalue weighted by molar-refractivity contribution is 6.20. The lowest BCUT2D eigenvalue weighted by Crippen LogP contribution is -2.57. The molecule has 3 aliphatic rings. The minimum atomic E-state index is -0.904. The van der Waals surface area contributed by atoms with Crippen molar-refractivity contribution in [1.29, 1.82) is 0 Å². The van der Waals surface area contributed by atoms with Crippen molar-refractivity contribution < 1.29 is 28.8 Å². The van der Waals surface area contributed by atoms with E-state index in [1.54, 1.807) is 32.9 Å². The van der Waals surface area contributed by atoms with Crippen LogP contribution in [-0.2, 0) is 14.4 Å². The van der Waals surface area contributed by atoms with E-state index in [0.29, 0.717) is 18.0 Å². The fourth-order valence-corrected chi connectivity index (χ4v) is 4.42. The molecule has 1 aromatic carbocycles. The number of hydrogen-bond acceptors (Lipinski definition) is 6. The molecular formula is C22H26N2O6. The Morgan fingerprint density at radius 2 is 1.63 bits per heavy atom. The van der Waals surface area contributed by atoms with Crippen molar-refractivity contribution >= 4 is 23.9 Å². The summed E-state index contributed by atoms with van der Waals surface area (Å²) in [5, 5.41) is 0.502. The predicted octanol–water partition coefficient (Wildman–Crippen LogP) is 3.31. The highest BCUT2D eigenvalue weighted by atomic mass is 16.7. The van der Waals surface area contributed by atoms with Gasteiger partial charge in [-0.2, -0.15) is 0 Å². The summed E-state index contributed by atoms with van der Waals surface area (Å²) >= 11 is 0. The number of imide groups is 1. The van der Waals surface area contributed by atoms with E-state index in [2.05, 4.69) is 0 Å². The molecule has 0 bridgehead atoms. The first-order chi connectivity index (χ1) is 14.1. The van der Waals surface area contributed by atoms with E-state index in [-0.39, 0.29) is 16.5 Å². The number of rotatable bonds is 2. The van der Waals surface area contributed by atoms with Gasteiger partial charge in [0, 0.05) is 6.54 Å². The summed E-state index contributed by atoms with van der Waals surface area (Å²) in [5.41, 5.74) is -0.319. The smallest absolute Gasteiger partial charge is 0.411 e. The van der Waals surface area contributed by atoms with Crippen molar-refractivity contribution in [3.8, 4) is 0 Å². The van der Waals surface area contributed by atoms with Gasteiger partial charge in [0.2, 0.25) is 0 Å². The van der Waals surface area contributed by atoms with Crippen LogP contribution >= 0.6 is 0 Å². The number of hydrogen-bond donors (Lipinski definition) is 0. The van der Waals surface area contributed by atoms with Crippen molar-refractivity contribution in [1.82, 2.24) is 9.96 Å². The minimum absolute atomic E-state index is 0.00416. The Labute approximate surface area is 175 Å². The second-order valence-electron chi connectivity index (χ2n) is 9.36. The van der Waals surface area contributed by atoms with E-state index < -0.39 is 35.5 Å². The van der Waals surface area contributed by atoms with Gasteiger partial charge in [0.05, 0.1) is 11.1 Å². The fraction of sp³-hybridized carbons (Fsp3) is 0.545. The number of fused-ring (bicyclic) bond motifs is 1. The first kappa shape index (κ1) is 20.4. The molecule has 1 unspecified atom stereocenters. The molecule has 1 saturated carbocycles. The maximum Gasteiger partial charge on any atom is 0.411 e. The van der Waals surface area contributed by atoms with Crippen molar-refractivity contribution in [2.45, 2.75) is 64.5 Å². The fourth-order valence-electron chi connectivity index (χ4n) is 4.42. The zero-order chi connectivity index (χ0) is 21.7. The third kappa shape index (κ3) is 3.55. The third-order valence-electron chi connectivity index (χ3n) is 6.14. The van der Waals surface area contributed by atoms with Gasteiger partial charge < -0.3 is 9.57 Å². The molecule has 1 aliphatic carbocycles. The molecule has 1 spiro atoms. The predicted molar refractivity (Wildman–Crippen MR) is 105 cm³/mol. The Balaban J connectivity index is 1.54. The van der Waals surface area contributed by atoms with Gasteiger partial charge in [0.15, 0.2) is 0 Å². The van der Waals surface area contributed by atoms with Crippen molar-refractivity contribution in [2.75, 3.05) is 6.54 Å². The molecular weight excluding hydrogens is 388 g/mol. The van der Waals surface area contributed by atoms with Gasteiger partial charge in [-0.15, -0.1) is 0 Å². The summed E-state index contributed by atoms with van der Waals surface area (Å²) in [5.74, 6) is -2.15. The second kappa shape index (κ2) is 7.11. The summed E-state index contributed by atoms with van der Waals surface area (Å²) in [6.07, 6.45) is 3.71. The number of nitrogens with zero attached hydrogens (tertiary/aromatic N) is 2. The molecule has 2 fully saturated rings. The molecule has 1 aromatic rings. The van der Waals surface area contributed by atoms with Crippen LogP contribution in [0.5, 0.6) is 0 Å². The summed E-state index contributed by atoms with van der Waals surface area (Å²) < 4.78 is 5.47. The van der Waals surface area contributed by atoms with E-state index in [9.17, 15) is 19.2 Å². The maximum atomic E-state index is 13.1. The Hall–Kier alpha value is -2.90. The van der Waals surface area contributed by atoms with E-state index in [1.807, 2.05) is 0 Å². The van der Waals surface area contributed by atoms with Crippen LogP contribution in [0, 0.1) is 5.41 Å². The summed E-state index contributed by atoms with van der Waals surface area (Å²) in [4.78, 5) is 57.6. The van der Waals surface area contributed by atoms with Crippen molar-refractivity contribution in [3.63, 3.8) is 0 Å². The molecule has 1 atom stereocenters. The van der Waals surface area contributed by atoms with Gasteiger partial charge in [-0.3, -0.25) is 14.5 Å². The summed E-state index contributed by atoms with van der Waals surface area (Å²) in [6, 6.07) is 5.40. The number of benzene rings is 1. The third-order valence-corrected chi connectivity index (χ3v) is 6.14. The Morgan fingerprint density at radius 3 is 2.13 bits per heavy atom. The molecule has 8 heteroatoms. The van der Waals surface area contributed by atoms with E-state index in [4.69, 9.17) is 9.57 Å². The molecule has 0 N–H and O–H groups in total. The molecule has 160 valence electrons. The number of carbonyl (C=O) groups excluding carboxylic acids is 4. The number of ether oxygens (including phenoxy) is 1. The average molecular weight is 414 g/mol. The van der Waals surface area contributed by atoms with Crippen LogP contribution in [0.3, 0.4) is 0 Å². The van der Waals surface area contributed by atoms with Crippen LogP contribution in [0.2, 0.25) is 0 Å². The molecule has 2 heterocycles. The molecule has 30 heavy (non-hydrogen) atoms. The molecule has 3 amide bonds. The van der Waals surface area contributed by atoms with Crippen LogP contribution in [0.1, 0.15) is 73.6 Å². The van der Waals surface area contributed by atoms with Gasteiger partial charge in [-0.1, -0.05) is 23.6 Å². The number of piperidine rings is 1. The first-order valence-electron chi connectivity index (χ1n) is 10.3. The van der Waals surface area contributed by atoms with Crippen LogP contribution in [0.4, 0.5) is 4.79 Å². The molecule has 4 rings (SSSR count). The number of hydroxylamine groups is 2. The Morgan fingerprint density at radius 1 is 1.03 bits per heavy atom. The highest BCUT2D eigenvalue weighted by Crippen LogP contribution is 2.51. The highest BCUT2D eigenvalue weighted by Gasteiger charge is 2.50. The first-order valence-corrected chi connectivity index (χ1v) is 10.3. The van der Waals surface area contributed by atoms with Gasteiger partial charge in [-0.05, 0) is 64.0 Å². The summed E-state index contributed by atoms with van der Waals surface area (Å²) in [6.45, 7) is 5.65. The Kier molecular flexibility index (Phi) is 4.83. The number of likely N-dealkylation sites (tertiary alicyclic amines) is 1. The normalized spacial score (nSPS) is 22.6. The monoisotopic (exact) mass is 414 g/mol. The zero-order valence-corrected chi connectivity index (χ0v) is 17.5. The van der Waals surface area contributed by atoms with Gasteiger partial charge in [-0.25, -0.2) is 9.59 Å². The van der Waals surface area contributed by atoms with E-state index in [1.165, 1.54) is 17.0 Å². The van der Waals surface area contributed by atoms with Crippen molar-refractivity contribution in [3.05, 3.63) is 35.4 Å². The molecule has 1 saturated heterocycles. The lowest BCUT2D eigenvalue weighted by atomic mass is 9.61. The lowest BCUT2D eigenvalue weighted by Gasteiger charge is -2.50. The van der Waals surface area contributed by atoms with Gasteiger partial charge in [0.25, 0.3) is 11.8 Å². The molecule has 0 aromatic heterocycles. The van der Waals surface area contributed by atoms with Crippen LogP contribution in [-0.4, -0.2) is 52.0 Å². The SMILES string of the molecule is CC(C)(C)OC(=O)N1CCC2(CCC2)CC1C(=O)ON1C(=O)c2ccccc2C1=O. The second-order valence-corrected chi connectivity index (χ2v) is 9.36. The molecule has 0 radical (unpaired) electrons. The summed E-state index contributed by atoms with van der Waals surface area (Å²) in [7, 11) is 0. The average Bonchev–Trinajstić information content (AvgIpc) is 2.90. The van der Waals surface area contributed by atoms with Crippen LogP contribution < -0.4 is 0 Å². The van der Waals surface area contributed by atoms with E-state index >= 15 is 0 Å². The molecule has 2 aliphatic heterocycles. The van der Waals surface area contributed by atoms with Gasteiger partial charge in [0.1, 0.15) is 11.6 Å². The van der Waals surface area contributed by atoms with Crippen LogP contribution in [0.15, 0.2) is 24.3 Å². The van der Waals surface area contributed by atoms with Crippen molar-refractivity contribution in [2.24, 2.45) is 5.41 Å². The maximum absolute atomic E-state index is 13.1. The minimum Gasteiger partial charge on any atom is -0.444 e. The standard InChI is InChI=1S/C22H26N2O6/c1-21(2,3)29-20(28)23-12-11-22(9-6-10-22)13-16(23)19(27)30-24-17(25)14-7-4-5-8-15(14)18(24)26/h4-5,7-8,16H,6,9-13H2,1-3H3. The van der Waals surface area contributed by atoms with Crippen LogP contribution in [0.25, 0.3) is 0 Å². The lowest BCUT2D eigenvalue weighted by molar-refractivity contribution is -0.179. The topological polar surface area (TPSA) is 93.2 Å². The molecule has 8 nitrogen and oxygen atoms in total. The number of amides is 3. The Bertz CT molecular complexity index is 879. The number of carbonyl (C=O) groups is 4. The largest absolute Gasteiger partial charge is 0.444 e. The zero-order valence-electron chi connectivity index (χ0n) is 17.5. The van der Waals surface area contributed by atoms with E-state index in [0.717, 1.165) is 25.7 Å². The van der Waals surface area contributed by atoms with Gasteiger partial charge >= 0.3 is 12.1 Å². The quantitative estimate of drug-likeness (QED) is 0.690.